The van der Waals surface area contributed by atoms with Crippen molar-refractivity contribution in [2.24, 2.45) is 5.73 Å². The lowest BCUT2D eigenvalue weighted by molar-refractivity contribution is -0.127. The fourth-order valence-electron chi connectivity index (χ4n) is 2.52. The first-order chi connectivity index (χ1) is 9.14. The summed E-state index contributed by atoms with van der Waals surface area (Å²) in [5.41, 5.74) is 6.98. The number of benzene rings is 1. The molecule has 0 radical (unpaired) electrons. The lowest BCUT2D eigenvalue weighted by atomic mass is 9.82. The van der Waals surface area contributed by atoms with Crippen molar-refractivity contribution in [3.05, 3.63) is 35.4 Å². The summed E-state index contributed by atoms with van der Waals surface area (Å²) in [4.78, 5) is 12.1. The largest absolute Gasteiger partial charge is 0.350 e. The predicted octanol–water partition coefficient (Wildman–Crippen LogP) is 1.84. The molecule has 1 saturated carbocycles. The van der Waals surface area contributed by atoms with Gasteiger partial charge in [-0.15, -0.1) is 0 Å². The Balaban J connectivity index is 1.94. The van der Waals surface area contributed by atoms with Crippen molar-refractivity contribution < 1.29 is 4.79 Å². The van der Waals surface area contributed by atoms with Crippen molar-refractivity contribution >= 4 is 5.91 Å². The van der Waals surface area contributed by atoms with Gasteiger partial charge in [-0.3, -0.25) is 4.79 Å². The van der Waals surface area contributed by atoms with Crippen LogP contribution in [0.3, 0.4) is 0 Å². The molecule has 0 bridgehead atoms. The number of hydrogen-bond donors (Lipinski definition) is 2. The van der Waals surface area contributed by atoms with E-state index in [0.717, 1.165) is 37.7 Å². The van der Waals surface area contributed by atoms with E-state index in [0.29, 0.717) is 12.1 Å². The van der Waals surface area contributed by atoms with Gasteiger partial charge < -0.3 is 11.1 Å². The molecular weight excluding hydrogens is 238 g/mol. The highest BCUT2D eigenvalue weighted by Crippen LogP contribution is 2.26. The summed E-state index contributed by atoms with van der Waals surface area (Å²) in [6, 6.07) is 9.33. The molecule has 0 atom stereocenters. The Kier molecular flexibility index (Phi) is 4.18. The zero-order valence-electron chi connectivity index (χ0n) is 11.0. The van der Waals surface area contributed by atoms with Crippen LogP contribution in [0.2, 0.25) is 0 Å². The molecule has 1 aliphatic carbocycles. The maximum atomic E-state index is 12.1. The third-order valence-electron chi connectivity index (χ3n) is 3.71. The minimum absolute atomic E-state index is 0.0745. The molecule has 2 rings (SSSR count). The molecule has 100 valence electrons. The lowest BCUT2D eigenvalue weighted by Gasteiger charge is -2.31. The maximum absolute atomic E-state index is 12.1. The molecule has 0 saturated heterocycles. The van der Waals surface area contributed by atoms with Crippen molar-refractivity contribution in [1.82, 2.24) is 5.32 Å². The molecule has 1 amide bonds. The van der Waals surface area contributed by atoms with Crippen LogP contribution in [0.5, 0.6) is 0 Å². The summed E-state index contributed by atoms with van der Waals surface area (Å²) >= 11 is 0. The lowest BCUT2D eigenvalue weighted by Crippen LogP contribution is -2.54. The van der Waals surface area contributed by atoms with E-state index in [1.165, 1.54) is 0 Å². The number of nitriles is 1. The predicted molar refractivity (Wildman–Crippen MR) is 73.0 cm³/mol. The first kappa shape index (κ1) is 13.6. The third-order valence-corrected chi connectivity index (χ3v) is 3.71. The van der Waals surface area contributed by atoms with E-state index in [1.807, 2.05) is 12.1 Å². The number of carbonyl (C=O) groups excluding carboxylic acids is 1. The number of hydrogen-bond acceptors (Lipinski definition) is 3. The molecule has 0 heterocycles. The van der Waals surface area contributed by atoms with Crippen LogP contribution in [-0.2, 0) is 11.3 Å². The van der Waals surface area contributed by atoms with Gasteiger partial charge in [-0.25, -0.2) is 0 Å². The monoisotopic (exact) mass is 257 g/mol. The Bertz CT molecular complexity index is 498. The molecule has 3 N–H and O–H groups in total. The molecule has 19 heavy (non-hydrogen) atoms. The minimum atomic E-state index is -0.703. The minimum Gasteiger partial charge on any atom is -0.350 e. The van der Waals surface area contributed by atoms with Crippen molar-refractivity contribution in [3.63, 3.8) is 0 Å². The van der Waals surface area contributed by atoms with Crippen molar-refractivity contribution in [1.29, 1.82) is 5.26 Å². The summed E-state index contributed by atoms with van der Waals surface area (Å²) in [5.74, 6) is -0.0745. The average Bonchev–Trinajstić information content (AvgIpc) is 2.45. The van der Waals surface area contributed by atoms with Crippen molar-refractivity contribution in [2.45, 2.75) is 44.2 Å². The second-order valence-corrected chi connectivity index (χ2v) is 5.21. The number of nitrogens with one attached hydrogen (secondary N) is 1. The topological polar surface area (TPSA) is 78.9 Å². The second-order valence-electron chi connectivity index (χ2n) is 5.21. The van der Waals surface area contributed by atoms with Crippen LogP contribution in [0.1, 0.15) is 43.2 Å². The molecule has 0 aliphatic heterocycles. The molecule has 0 unspecified atom stereocenters. The van der Waals surface area contributed by atoms with E-state index >= 15 is 0 Å². The Hall–Kier alpha value is -1.86. The first-order valence-electron chi connectivity index (χ1n) is 6.70. The highest BCUT2D eigenvalue weighted by atomic mass is 16.2. The Morgan fingerprint density at radius 2 is 2.11 bits per heavy atom. The molecule has 0 spiro atoms. The summed E-state index contributed by atoms with van der Waals surface area (Å²) in [5, 5.41) is 11.7. The van der Waals surface area contributed by atoms with Gasteiger partial charge in [0.05, 0.1) is 17.2 Å². The Labute approximate surface area is 113 Å². The second kappa shape index (κ2) is 5.85. The van der Waals surface area contributed by atoms with Gasteiger partial charge in [-0.2, -0.15) is 5.26 Å². The summed E-state index contributed by atoms with van der Waals surface area (Å²) < 4.78 is 0. The van der Waals surface area contributed by atoms with E-state index in [2.05, 4.69) is 11.4 Å². The van der Waals surface area contributed by atoms with Crippen LogP contribution < -0.4 is 11.1 Å². The average molecular weight is 257 g/mol. The van der Waals surface area contributed by atoms with Gasteiger partial charge in [0.15, 0.2) is 0 Å². The van der Waals surface area contributed by atoms with Gasteiger partial charge in [-0.1, -0.05) is 31.4 Å². The van der Waals surface area contributed by atoms with Crippen molar-refractivity contribution in [2.75, 3.05) is 0 Å². The third kappa shape index (κ3) is 3.33. The van der Waals surface area contributed by atoms with Gasteiger partial charge in [-0.05, 0) is 30.5 Å². The van der Waals surface area contributed by atoms with Crippen LogP contribution in [0.4, 0.5) is 0 Å². The molecule has 4 heteroatoms. The summed E-state index contributed by atoms with van der Waals surface area (Å²) in [6.07, 6.45) is 4.73. The van der Waals surface area contributed by atoms with Gasteiger partial charge in [0.25, 0.3) is 0 Å². The van der Waals surface area contributed by atoms with E-state index in [4.69, 9.17) is 11.0 Å². The van der Waals surface area contributed by atoms with Crippen LogP contribution in [0.25, 0.3) is 0 Å². The molecule has 4 nitrogen and oxygen atoms in total. The van der Waals surface area contributed by atoms with E-state index in [-0.39, 0.29) is 5.91 Å². The van der Waals surface area contributed by atoms with Crippen LogP contribution in [0, 0.1) is 11.3 Å². The molecule has 1 aromatic rings. The molecule has 1 aromatic carbocycles. The van der Waals surface area contributed by atoms with Gasteiger partial charge >= 0.3 is 0 Å². The summed E-state index contributed by atoms with van der Waals surface area (Å²) in [7, 11) is 0. The molecule has 0 aromatic heterocycles. The standard InChI is InChI=1S/C15H19N3O/c16-10-12-5-4-6-13(9-12)11-18-14(19)15(17)7-2-1-3-8-15/h4-6,9H,1-3,7-8,11,17H2,(H,18,19). The quantitative estimate of drug-likeness (QED) is 0.867. The van der Waals surface area contributed by atoms with E-state index in [9.17, 15) is 4.79 Å². The summed E-state index contributed by atoms with van der Waals surface area (Å²) in [6.45, 7) is 0.424. The smallest absolute Gasteiger partial charge is 0.240 e. The number of nitrogens with zero attached hydrogens (tertiary/aromatic N) is 1. The van der Waals surface area contributed by atoms with E-state index in [1.54, 1.807) is 12.1 Å². The maximum Gasteiger partial charge on any atom is 0.240 e. The number of nitrogens with two attached hydrogens (primary N) is 1. The van der Waals surface area contributed by atoms with Crippen LogP contribution in [0.15, 0.2) is 24.3 Å². The van der Waals surface area contributed by atoms with Gasteiger partial charge in [0.2, 0.25) is 5.91 Å². The fraction of sp³-hybridized carbons (Fsp3) is 0.467. The number of rotatable bonds is 3. The molecular formula is C15H19N3O. The van der Waals surface area contributed by atoms with Gasteiger partial charge in [0, 0.05) is 6.54 Å². The van der Waals surface area contributed by atoms with Crippen LogP contribution in [-0.4, -0.2) is 11.4 Å². The highest BCUT2D eigenvalue weighted by Gasteiger charge is 2.34. The molecule has 1 aliphatic rings. The zero-order chi connectivity index (χ0) is 13.7. The SMILES string of the molecule is N#Cc1cccc(CNC(=O)C2(N)CCCCC2)c1. The van der Waals surface area contributed by atoms with Gasteiger partial charge in [0.1, 0.15) is 0 Å². The normalized spacial score (nSPS) is 17.5. The van der Waals surface area contributed by atoms with E-state index < -0.39 is 5.54 Å². The van der Waals surface area contributed by atoms with Crippen LogP contribution >= 0.6 is 0 Å². The Morgan fingerprint density at radius 3 is 2.79 bits per heavy atom. The Morgan fingerprint density at radius 1 is 1.37 bits per heavy atom. The number of amides is 1. The highest BCUT2D eigenvalue weighted by molar-refractivity contribution is 5.86. The zero-order valence-corrected chi connectivity index (χ0v) is 11.0. The first-order valence-corrected chi connectivity index (χ1v) is 6.70. The molecule has 1 fully saturated rings. The number of carbonyl (C=O) groups is 1. The fourth-order valence-corrected chi connectivity index (χ4v) is 2.52. The van der Waals surface area contributed by atoms with Crippen molar-refractivity contribution in [3.8, 4) is 6.07 Å².